The quantitative estimate of drug-likeness (QED) is 0.276. The van der Waals surface area contributed by atoms with E-state index in [1.807, 2.05) is 24.3 Å². The fourth-order valence-electron chi connectivity index (χ4n) is 3.58. The van der Waals surface area contributed by atoms with Gasteiger partial charge < -0.3 is 4.57 Å². The number of unbranched alkanes of at least 4 members (excludes halogenated alkanes) is 4. The van der Waals surface area contributed by atoms with Crippen molar-refractivity contribution >= 4 is 65.0 Å². The van der Waals surface area contributed by atoms with Crippen molar-refractivity contribution in [2.75, 3.05) is 0 Å². The highest BCUT2D eigenvalue weighted by atomic mass is 79.9. The highest BCUT2D eigenvalue weighted by Crippen LogP contribution is 2.35. The predicted octanol–water partition coefficient (Wildman–Crippen LogP) is 7.23. The van der Waals surface area contributed by atoms with Gasteiger partial charge in [0.1, 0.15) is 5.52 Å². The van der Waals surface area contributed by atoms with Gasteiger partial charge in [-0.05, 0) is 46.6 Å². The van der Waals surface area contributed by atoms with Crippen molar-refractivity contribution in [1.82, 2.24) is 14.5 Å². The van der Waals surface area contributed by atoms with E-state index in [2.05, 4.69) is 55.5 Å². The Kier molecular flexibility index (Phi) is 5.28. The molecule has 134 valence electrons. The van der Waals surface area contributed by atoms with Gasteiger partial charge in [-0.2, -0.15) is 0 Å². The molecule has 0 bridgehead atoms. The lowest BCUT2D eigenvalue weighted by Gasteiger charge is -2.08. The molecular weight excluding hydrogens is 454 g/mol. The maximum absolute atomic E-state index is 4.97. The second kappa shape index (κ2) is 7.65. The van der Waals surface area contributed by atoms with Gasteiger partial charge in [0.2, 0.25) is 0 Å². The van der Waals surface area contributed by atoms with Gasteiger partial charge in [-0.3, -0.25) is 0 Å². The predicted molar refractivity (Wildman–Crippen MR) is 117 cm³/mol. The van der Waals surface area contributed by atoms with Crippen LogP contribution < -0.4 is 0 Å². The third kappa shape index (κ3) is 3.27. The Balaban J connectivity index is 1.89. The number of hydrogen-bond donors (Lipinski definition) is 0. The summed E-state index contributed by atoms with van der Waals surface area (Å²) in [7, 11) is 0. The molecule has 0 fully saturated rings. The number of para-hydroxylation sites is 2. The number of rotatable bonds is 6. The van der Waals surface area contributed by atoms with Gasteiger partial charge in [0.05, 0.1) is 16.6 Å². The molecule has 0 spiro atoms. The molecule has 4 aromatic rings. The van der Waals surface area contributed by atoms with Crippen molar-refractivity contribution in [1.29, 1.82) is 0 Å². The van der Waals surface area contributed by atoms with Crippen LogP contribution in [0.1, 0.15) is 39.0 Å². The molecule has 0 aliphatic heterocycles. The van der Waals surface area contributed by atoms with Crippen LogP contribution in [-0.4, -0.2) is 14.5 Å². The summed E-state index contributed by atoms with van der Waals surface area (Å²) >= 11 is 7.38. The molecule has 0 radical (unpaired) electrons. The van der Waals surface area contributed by atoms with Crippen LogP contribution in [-0.2, 0) is 6.54 Å². The normalized spacial score (nSPS) is 11.8. The van der Waals surface area contributed by atoms with Crippen LogP contribution in [0.2, 0.25) is 0 Å². The third-order valence-corrected chi connectivity index (χ3v) is 5.91. The van der Waals surface area contributed by atoms with E-state index in [1.165, 1.54) is 31.2 Å². The highest BCUT2D eigenvalue weighted by Gasteiger charge is 2.17. The molecule has 4 rings (SSSR count). The molecular formula is C21H21Br2N3. The Morgan fingerprint density at radius 1 is 0.923 bits per heavy atom. The Labute approximate surface area is 170 Å². The van der Waals surface area contributed by atoms with Crippen LogP contribution >= 0.6 is 31.9 Å². The van der Waals surface area contributed by atoms with Gasteiger partial charge in [-0.1, -0.05) is 60.7 Å². The summed E-state index contributed by atoms with van der Waals surface area (Å²) in [6, 6.07) is 12.4. The van der Waals surface area contributed by atoms with Gasteiger partial charge in [-0.25, -0.2) is 9.97 Å². The monoisotopic (exact) mass is 473 g/mol. The number of aryl methyl sites for hydroxylation is 1. The third-order valence-electron chi connectivity index (χ3n) is 4.85. The molecule has 0 atom stereocenters. The van der Waals surface area contributed by atoms with Crippen molar-refractivity contribution in [3.8, 4) is 0 Å². The lowest BCUT2D eigenvalue weighted by molar-refractivity contribution is 0.582. The number of aromatic nitrogens is 3. The topological polar surface area (TPSA) is 30.7 Å². The SMILES string of the molecule is CCCCCCCn1c2nc3ccccc3nc2c2cc(Br)cc(Br)c21. The van der Waals surface area contributed by atoms with Gasteiger partial charge in [-0.15, -0.1) is 0 Å². The van der Waals surface area contributed by atoms with Crippen LogP contribution in [0.3, 0.4) is 0 Å². The summed E-state index contributed by atoms with van der Waals surface area (Å²) in [5.74, 6) is 0. The maximum Gasteiger partial charge on any atom is 0.160 e. The second-order valence-electron chi connectivity index (χ2n) is 6.73. The number of halogens is 2. The molecule has 0 aliphatic carbocycles. The number of fused-ring (bicyclic) bond motifs is 4. The van der Waals surface area contributed by atoms with E-state index in [0.29, 0.717) is 0 Å². The zero-order chi connectivity index (χ0) is 18.1. The molecule has 0 unspecified atom stereocenters. The minimum atomic E-state index is 0.943. The Morgan fingerprint density at radius 2 is 1.65 bits per heavy atom. The van der Waals surface area contributed by atoms with Crippen molar-refractivity contribution in [2.45, 2.75) is 45.6 Å². The van der Waals surface area contributed by atoms with E-state index < -0.39 is 0 Å². The first kappa shape index (κ1) is 17.9. The van der Waals surface area contributed by atoms with Crippen molar-refractivity contribution in [2.24, 2.45) is 0 Å². The molecule has 0 aliphatic rings. The standard InChI is InChI=1S/C21H21Br2N3/c1-2-3-4-5-8-11-26-20-15(12-14(22)13-16(20)23)19-21(26)25-18-10-7-6-9-17(18)24-19/h6-7,9-10,12-13H,2-5,8,11H2,1H3. The molecule has 2 aromatic carbocycles. The van der Waals surface area contributed by atoms with Crippen LogP contribution in [0, 0.1) is 0 Å². The Bertz CT molecular complexity index is 1090. The summed E-state index contributed by atoms with van der Waals surface area (Å²) in [4.78, 5) is 9.91. The Hall–Kier alpha value is -1.46. The first-order chi connectivity index (χ1) is 12.7. The lowest BCUT2D eigenvalue weighted by atomic mass is 10.1. The molecule has 0 saturated carbocycles. The van der Waals surface area contributed by atoms with E-state index in [-0.39, 0.29) is 0 Å². The van der Waals surface area contributed by atoms with Crippen LogP contribution in [0.15, 0.2) is 45.3 Å². The molecule has 0 amide bonds. The molecule has 2 aromatic heterocycles. The summed E-state index contributed by atoms with van der Waals surface area (Å²) in [5.41, 5.74) is 5.04. The number of nitrogens with zero attached hydrogens (tertiary/aromatic N) is 3. The largest absolute Gasteiger partial charge is 0.323 e. The summed E-state index contributed by atoms with van der Waals surface area (Å²) in [6.07, 6.45) is 6.30. The fraction of sp³-hybridized carbons (Fsp3) is 0.333. The van der Waals surface area contributed by atoms with Gasteiger partial charge >= 0.3 is 0 Å². The second-order valence-corrected chi connectivity index (χ2v) is 8.50. The average molecular weight is 475 g/mol. The molecule has 2 heterocycles. The van der Waals surface area contributed by atoms with Crippen molar-refractivity contribution < 1.29 is 0 Å². The van der Waals surface area contributed by atoms with E-state index >= 15 is 0 Å². The zero-order valence-corrected chi connectivity index (χ0v) is 18.0. The summed E-state index contributed by atoms with van der Waals surface area (Å²) in [6.45, 7) is 3.22. The first-order valence-corrected chi connectivity index (χ1v) is 10.8. The average Bonchev–Trinajstić information content (AvgIpc) is 2.93. The van der Waals surface area contributed by atoms with Gasteiger partial charge in [0, 0.05) is 20.9 Å². The van der Waals surface area contributed by atoms with E-state index in [4.69, 9.17) is 9.97 Å². The van der Waals surface area contributed by atoms with Crippen LogP contribution in [0.4, 0.5) is 0 Å². The van der Waals surface area contributed by atoms with Crippen molar-refractivity contribution in [3.63, 3.8) is 0 Å². The lowest BCUT2D eigenvalue weighted by Crippen LogP contribution is -2.00. The maximum atomic E-state index is 4.97. The van der Waals surface area contributed by atoms with Gasteiger partial charge in [0.25, 0.3) is 0 Å². The van der Waals surface area contributed by atoms with E-state index in [9.17, 15) is 0 Å². The molecule has 5 heteroatoms. The number of hydrogen-bond acceptors (Lipinski definition) is 2. The molecule has 0 N–H and O–H groups in total. The molecule has 26 heavy (non-hydrogen) atoms. The summed E-state index contributed by atoms with van der Waals surface area (Å²) < 4.78 is 4.47. The van der Waals surface area contributed by atoms with Gasteiger partial charge in [0.15, 0.2) is 5.65 Å². The van der Waals surface area contributed by atoms with Crippen LogP contribution in [0.5, 0.6) is 0 Å². The minimum Gasteiger partial charge on any atom is -0.323 e. The fourth-order valence-corrected chi connectivity index (χ4v) is 5.02. The zero-order valence-electron chi connectivity index (χ0n) is 14.8. The molecule has 3 nitrogen and oxygen atoms in total. The van der Waals surface area contributed by atoms with Crippen molar-refractivity contribution in [3.05, 3.63) is 45.3 Å². The van der Waals surface area contributed by atoms with Crippen LogP contribution in [0.25, 0.3) is 33.1 Å². The smallest absolute Gasteiger partial charge is 0.160 e. The Morgan fingerprint density at radius 3 is 2.42 bits per heavy atom. The molecule has 0 saturated heterocycles. The van der Waals surface area contributed by atoms with E-state index in [1.54, 1.807) is 0 Å². The first-order valence-electron chi connectivity index (χ1n) is 9.22. The highest BCUT2D eigenvalue weighted by molar-refractivity contribution is 9.11. The summed E-state index contributed by atoms with van der Waals surface area (Å²) in [5, 5.41) is 1.15. The minimum absolute atomic E-state index is 0.943. The van der Waals surface area contributed by atoms with E-state index in [0.717, 1.165) is 49.5 Å². The number of benzene rings is 2.